The molecular weight excluding hydrogens is 461 g/mol. The van der Waals surface area contributed by atoms with Gasteiger partial charge in [-0.15, -0.1) is 0 Å². The average molecular weight is 490 g/mol. The minimum Gasteiger partial charge on any atom is -0.490 e. The zero-order chi connectivity index (χ0) is 24.8. The van der Waals surface area contributed by atoms with Crippen LogP contribution in [0, 0.1) is 12.7 Å². The van der Waals surface area contributed by atoms with Gasteiger partial charge >= 0.3 is 6.01 Å². The first kappa shape index (κ1) is 22.8. The van der Waals surface area contributed by atoms with Crippen LogP contribution in [-0.2, 0) is 6.54 Å². The summed E-state index contributed by atoms with van der Waals surface area (Å²) in [5.74, 6) is 0.813. The molecule has 0 saturated carbocycles. The Balaban J connectivity index is 1.32. The van der Waals surface area contributed by atoms with Crippen molar-refractivity contribution >= 4 is 11.2 Å². The Labute approximate surface area is 208 Å². The monoisotopic (exact) mass is 489 g/mol. The van der Waals surface area contributed by atoms with Gasteiger partial charge in [0.25, 0.3) is 0 Å². The molecule has 0 radical (unpaired) electrons. The van der Waals surface area contributed by atoms with Crippen LogP contribution in [0.15, 0.2) is 36.9 Å². The molecule has 4 aromatic rings. The third kappa shape index (κ3) is 4.05. The molecule has 0 amide bonds. The molecule has 3 aromatic heterocycles. The first-order valence-corrected chi connectivity index (χ1v) is 12.2. The highest BCUT2D eigenvalue weighted by molar-refractivity contribution is 5.79. The summed E-state index contributed by atoms with van der Waals surface area (Å²) in [6.07, 6.45) is 9.34. The zero-order valence-electron chi connectivity index (χ0n) is 20.6. The number of aryl methyl sites for hydroxylation is 1. The van der Waals surface area contributed by atoms with Crippen molar-refractivity contribution in [1.82, 2.24) is 34.4 Å². The average Bonchev–Trinajstić information content (AvgIpc) is 3.33. The number of benzene rings is 1. The summed E-state index contributed by atoms with van der Waals surface area (Å²) in [6, 6.07) is 6.47. The van der Waals surface area contributed by atoms with Crippen LogP contribution >= 0.6 is 0 Å². The quantitative estimate of drug-likeness (QED) is 0.404. The highest BCUT2D eigenvalue weighted by Gasteiger charge is 2.39. The summed E-state index contributed by atoms with van der Waals surface area (Å²) in [6.45, 7) is 2.06. The second kappa shape index (κ2) is 9.09. The van der Waals surface area contributed by atoms with Gasteiger partial charge in [-0.05, 0) is 45.7 Å². The predicted octanol–water partition coefficient (Wildman–Crippen LogP) is 3.79. The van der Waals surface area contributed by atoms with Gasteiger partial charge in [0, 0.05) is 36.1 Å². The normalized spacial score (nSPS) is 21.7. The number of fused-ring (bicyclic) bond motifs is 3. The Bertz CT molecular complexity index is 1400. The molecule has 2 bridgehead atoms. The molecule has 2 fully saturated rings. The number of methoxy groups -OCH3 is 1. The lowest BCUT2D eigenvalue weighted by Gasteiger charge is -2.36. The zero-order valence-corrected chi connectivity index (χ0v) is 20.6. The Morgan fingerprint density at radius 2 is 1.81 bits per heavy atom. The molecule has 0 aliphatic carbocycles. The van der Waals surface area contributed by atoms with E-state index >= 15 is 4.39 Å². The summed E-state index contributed by atoms with van der Waals surface area (Å²) < 4.78 is 28.7. The Morgan fingerprint density at radius 1 is 1.06 bits per heavy atom. The summed E-state index contributed by atoms with van der Waals surface area (Å²) >= 11 is 0. The van der Waals surface area contributed by atoms with Gasteiger partial charge in [-0.1, -0.05) is 6.07 Å². The fourth-order valence-electron chi connectivity index (χ4n) is 5.54. The minimum absolute atomic E-state index is 0.123. The second-order valence-corrected chi connectivity index (χ2v) is 9.63. The van der Waals surface area contributed by atoms with Crippen molar-refractivity contribution in [2.75, 3.05) is 14.2 Å². The van der Waals surface area contributed by atoms with E-state index in [0.717, 1.165) is 12.8 Å². The van der Waals surface area contributed by atoms with E-state index in [9.17, 15) is 0 Å². The SMILES string of the molecule is COc1nc(C)c2nc(-c3cncnc3)n(Cc3ccc(O[C@H]4C[C@H]5CC[C@@H](C4)N5C)cc3F)c2n1. The first-order valence-electron chi connectivity index (χ1n) is 12.2. The van der Waals surface area contributed by atoms with Crippen molar-refractivity contribution in [2.24, 2.45) is 0 Å². The van der Waals surface area contributed by atoms with E-state index in [2.05, 4.69) is 31.9 Å². The maximum absolute atomic E-state index is 15.4. The van der Waals surface area contributed by atoms with Crippen LogP contribution in [0.3, 0.4) is 0 Å². The number of nitrogens with zero attached hydrogens (tertiary/aromatic N) is 7. The number of piperidine rings is 1. The molecule has 3 atom stereocenters. The molecule has 1 aromatic carbocycles. The summed E-state index contributed by atoms with van der Waals surface area (Å²) in [5.41, 5.74) is 3.04. The first-order chi connectivity index (χ1) is 17.5. The summed E-state index contributed by atoms with van der Waals surface area (Å²) in [4.78, 5) is 24.3. The van der Waals surface area contributed by atoms with E-state index in [4.69, 9.17) is 14.5 Å². The van der Waals surface area contributed by atoms with E-state index < -0.39 is 0 Å². The van der Waals surface area contributed by atoms with Gasteiger partial charge in [0.1, 0.15) is 35.3 Å². The number of hydrogen-bond acceptors (Lipinski definition) is 8. The molecule has 2 aliphatic rings. The Kier molecular flexibility index (Phi) is 5.75. The van der Waals surface area contributed by atoms with Gasteiger partial charge in [0.15, 0.2) is 5.65 Å². The molecule has 10 heteroatoms. The van der Waals surface area contributed by atoms with Crippen molar-refractivity contribution in [2.45, 2.75) is 57.3 Å². The molecule has 2 saturated heterocycles. The van der Waals surface area contributed by atoms with Gasteiger partial charge in [-0.25, -0.2) is 19.3 Å². The van der Waals surface area contributed by atoms with Gasteiger partial charge in [0.05, 0.1) is 24.9 Å². The highest BCUT2D eigenvalue weighted by atomic mass is 19.1. The molecule has 2 aliphatic heterocycles. The topological polar surface area (TPSA) is 91.1 Å². The predicted molar refractivity (Wildman–Crippen MR) is 131 cm³/mol. The lowest BCUT2D eigenvalue weighted by molar-refractivity contribution is 0.0659. The van der Waals surface area contributed by atoms with Crippen LogP contribution in [-0.4, -0.2) is 66.7 Å². The summed E-state index contributed by atoms with van der Waals surface area (Å²) in [7, 11) is 3.71. The fraction of sp³-hybridized carbons (Fsp3) is 0.423. The van der Waals surface area contributed by atoms with E-state index in [1.165, 1.54) is 32.3 Å². The van der Waals surface area contributed by atoms with E-state index in [1.807, 2.05) is 17.6 Å². The molecular formula is C26H28FN7O2. The van der Waals surface area contributed by atoms with Crippen LogP contribution < -0.4 is 9.47 Å². The number of rotatable bonds is 6. The van der Waals surface area contributed by atoms with E-state index in [1.54, 1.807) is 18.5 Å². The van der Waals surface area contributed by atoms with Crippen LogP contribution in [0.25, 0.3) is 22.6 Å². The van der Waals surface area contributed by atoms with Crippen LogP contribution in [0.2, 0.25) is 0 Å². The van der Waals surface area contributed by atoms with Crippen LogP contribution in [0.1, 0.15) is 36.9 Å². The van der Waals surface area contributed by atoms with Crippen molar-refractivity contribution in [3.63, 3.8) is 0 Å². The number of ether oxygens (including phenoxy) is 2. The number of hydrogen-bond donors (Lipinski definition) is 0. The smallest absolute Gasteiger partial charge is 0.318 e. The summed E-state index contributed by atoms with van der Waals surface area (Å²) in [5, 5.41) is 0. The number of halogens is 1. The van der Waals surface area contributed by atoms with Gasteiger partial charge in [-0.2, -0.15) is 9.97 Å². The molecule has 186 valence electrons. The third-order valence-corrected chi connectivity index (χ3v) is 7.46. The Hall–Kier alpha value is -3.66. The number of aromatic nitrogens is 6. The van der Waals surface area contributed by atoms with E-state index in [0.29, 0.717) is 51.6 Å². The highest BCUT2D eigenvalue weighted by Crippen LogP contribution is 2.36. The van der Waals surface area contributed by atoms with Crippen LogP contribution in [0.5, 0.6) is 11.8 Å². The van der Waals surface area contributed by atoms with Crippen molar-refractivity contribution in [1.29, 1.82) is 0 Å². The number of imidazole rings is 1. The van der Waals surface area contributed by atoms with Crippen LogP contribution in [0.4, 0.5) is 4.39 Å². The molecule has 0 unspecified atom stereocenters. The molecule has 0 N–H and O–H groups in total. The van der Waals surface area contributed by atoms with Crippen molar-refractivity contribution in [3.8, 4) is 23.1 Å². The third-order valence-electron chi connectivity index (χ3n) is 7.46. The molecule has 9 nitrogen and oxygen atoms in total. The van der Waals surface area contributed by atoms with Gasteiger partial charge in [0.2, 0.25) is 0 Å². The molecule has 36 heavy (non-hydrogen) atoms. The standard InChI is InChI=1S/C26H28FN7O2/c1-15-23-25(32-26(30-15)35-3)34(24(31-23)17-11-28-14-29-12-17)13-16-4-7-20(10-22(16)27)36-21-8-18-5-6-19(9-21)33(18)2/h4,7,10-12,14,18-19,21H,5-6,8-9,13H2,1-3H3/t18-,19+,21+. The van der Waals surface area contributed by atoms with Crippen molar-refractivity contribution < 1.29 is 13.9 Å². The lowest BCUT2D eigenvalue weighted by Crippen LogP contribution is -2.43. The largest absolute Gasteiger partial charge is 0.490 e. The molecule has 5 heterocycles. The van der Waals surface area contributed by atoms with Gasteiger partial charge < -0.3 is 18.9 Å². The van der Waals surface area contributed by atoms with E-state index in [-0.39, 0.29) is 24.5 Å². The van der Waals surface area contributed by atoms with Crippen molar-refractivity contribution in [3.05, 3.63) is 54.0 Å². The maximum Gasteiger partial charge on any atom is 0.318 e. The minimum atomic E-state index is -0.335. The maximum atomic E-state index is 15.4. The molecule has 6 rings (SSSR count). The fourth-order valence-corrected chi connectivity index (χ4v) is 5.54. The Morgan fingerprint density at radius 3 is 2.50 bits per heavy atom. The second-order valence-electron chi connectivity index (χ2n) is 9.63. The molecule has 0 spiro atoms. The lowest BCUT2D eigenvalue weighted by atomic mass is 10.0. The van der Waals surface area contributed by atoms with Gasteiger partial charge in [-0.3, -0.25) is 0 Å².